The fraction of sp³-hybridized carbons (Fsp3) is 0.316. The van der Waals surface area contributed by atoms with E-state index >= 15 is 0 Å². The summed E-state index contributed by atoms with van der Waals surface area (Å²) < 4.78 is 15.9. The lowest BCUT2D eigenvalue weighted by molar-refractivity contribution is -0.114. The van der Waals surface area contributed by atoms with Crippen LogP contribution in [0.2, 0.25) is 0 Å². The van der Waals surface area contributed by atoms with Gasteiger partial charge in [0.05, 0.1) is 21.3 Å². The van der Waals surface area contributed by atoms with Gasteiger partial charge in [-0.1, -0.05) is 6.07 Å². The number of ether oxygens (including phenoxy) is 3. The first-order chi connectivity index (χ1) is 12.0. The van der Waals surface area contributed by atoms with E-state index in [1.807, 2.05) is 18.2 Å². The molecule has 2 aromatic rings. The largest absolute Gasteiger partial charge is 0.504 e. The number of hydrogen-bond acceptors (Lipinski definition) is 5. The number of phenolic OH excluding ortho intramolecular Hbond substituents is 1. The molecule has 0 spiro atoms. The third-order valence-corrected chi connectivity index (χ3v) is 3.87. The molecule has 0 aromatic heterocycles. The van der Waals surface area contributed by atoms with Crippen molar-refractivity contribution in [3.05, 3.63) is 41.5 Å². The highest BCUT2D eigenvalue weighted by atomic mass is 16.5. The minimum atomic E-state index is -0.180. The second-order valence-corrected chi connectivity index (χ2v) is 5.51. The Hall–Kier alpha value is -2.89. The number of hydrogen-bond donors (Lipinski definition) is 2. The Morgan fingerprint density at radius 2 is 1.72 bits per heavy atom. The van der Waals surface area contributed by atoms with Crippen LogP contribution in [0, 0.1) is 0 Å². The average molecular weight is 345 g/mol. The summed E-state index contributed by atoms with van der Waals surface area (Å²) in [5.74, 6) is 1.55. The smallest absolute Gasteiger partial charge is 0.221 e. The van der Waals surface area contributed by atoms with E-state index in [1.54, 1.807) is 20.3 Å². The molecule has 0 bridgehead atoms. The molecule has 25 heavy (non-hydrogen) atoms. The highest BCUT2D eigenvalue weighted by Gasteiger charge is 2.15. The summed E-state index contributed by atoms with van der Waals surface area (Å²) in [5, 5.41) is 12.8. The van der Waals surface area contributed by atoms with E-state index in [0.717, 1.165) is 11.1 Å². The van der Waals surface area contributed by atoms with Gasteiger partial charge in [-0.25, -0.2) is 0 Å². The minimum Gasteiger partial charge on any atom is -0.504 e. The fourth-order valence-corrected chi connectivity index (χ4v) is 2.70. The molecule has 0 unspecified atom stereocenters. The van der Waals surface area contributed by atoms with Crippen LogP contribution in [0.1, 0.15) is 18.1 Å². The predicted octanol–water partition coefficient (Wildman–Crippen LogP) is 3.16. The number of rotatable bonds is 7. The molecule has 2 N–H and O–H groups in total. The number of aromatic hydroxyl groups is 1. The van der Waals surface area contributed by atoms with Crippen LogP contribution >= 0.6 is 0 Å². The number of carbonyl (C=O) groups excluding carboxylic acids is 1. The Bertz CT molecular complexity index is 758. The summed E-state index contributed by atoms with van der Waals surface area (Å²) in [6.45, 7) is 1.44. The minimum absolute atomic E-state index is 0.0407. The number of nitrogens with one attached hydrogen (secondary N) is 1. The van der Waals surface area contributed by atoms with Crippen molar-refractivity contribution in [2.24, 2.45) is 0 Å². The van der Waals surface area contributed by atoms with E-state index in [0.29, 0.717) is 35.8 Å². The normalized spacial score (nSPS) is 10.2. The van der Waals surface area contributed by atoms with Crippen molar-refractivity contribution < 1.29 is 24.1 Å². The molecule has 6 nitrogen and oxygen atoms in total. The van der Waals surface area contributed by atoms with E-state index in [4.69, 9.17) is 14.2 Å². The van der Waals surface area contributed by atoms with E-state index in [9.17, 15) is 9.90 Å². The number of benzene rings is 2. The van der Waals surface area contributed by atoms with Crippen LogP contribution in [-0.4, -0.2) is 32.3 Å². The third kappa shape index (κ3) is 4.35. The molecule has 6 heteroatoms. The summed E-state index contributed by atoms with van der Waals surface area (Å²) in [6, 6.07) is 8.89. The van der Waals surface area contributed by atoms with E-state index < -0.39 is 0 Å². The zero-order valence-corrected chi connectivity index (χ0v) is 14.9. The molecular weight excluding hydrogens is 322 g/mol. The first kappa shape index (κ1) is 18.4. The number of phenols is 1. The maximum atomic E-state index is 11.4. The van der Waals surface area contributed by atoms with Gasteiger partial charge in [-0.3, -0.25) is 4.79 Å². The lowest BCUT2D eigenvalue weighted by Crippen LogP contribution is -2.09. The quantitative estimate of drug-likeness (QED) is 0.754. The highest BCUT2D eigenvalue weighted by molar-refractivity contribution is 5.90. The van der Waals surface area contributed by atoms with Gasteiger partial charge in [0.1, 0.15) is 0 Å². The van der Waals surface area contributed by atoms with Gasteiger partial charge in [-0.05, 0) is 42.7 Å². The molecule has 2 rings (SSSR count). The van der Waals surface area contributed by atoms with Crippen LogP contribution in [0.15, 0.2) is 30.3 Å². The molecule has 0 saturated heterocycles. The molecule has 1 amide bonds. The Morgan fingerprint density at radius 3 is 2.32 bits per heavy atom. The molecule has 0 atom stereocenters. The first-order valence-corrected chi connectivity index (χ1v) is 7.87. The number of amides is 1. The van der Waals surface area contributed by atoms with Crippen LogP contribution < -0.4 is 19.5 Å². The fourth-order valence-electron chi connectivity index (χ4n) is 2.70. The van der Waals surface area contributed by atoms with Crippen molar-refractivity contribution >= 4 is 11.6 Å². The van der Waals surface area contributed by atoms with Crippen molar-refractivity contribution in [1.29, 1.82) is 0 Å². The highest BCUT2D eigenvalue weighted by Crippen LogP contribution is 2.36. The van der Waals surface area contributed by atoms with Gasteiger partial charge in [0.25, 0.3) is 0 Å². The number of carbonyl (C=O) groups is 1. The van der Waals surface area contributed by atoms with Gasteiger partial charge < -0.3 is 24.6 Å². The second-order valence-electron chi connectivity index (χ2n) is 5.51. The zero-order valence-electron chi connectivity index (χ0n) is 14.9. The maximum Gasteiger partial charge on any atom is 0.221 e. The monoisotopic (exact) mass is 345 g/mol. The van der Waals surface area contributed by atoms with Crippen LogP contribution in [0.5, 0.6) is 23.0 Å². The molecular formula is C19H23NO5. The maximum absolute atomic E-state index is 11.4. The van der Waals surface area contributed by atoms with E-state index in [1.165, 1.54) is 20.1 Å². The first-order valence-electron chi connectivity index (χ1n) is 7.87. The molecule has 0 radical (unpaired) electrons. The van der Waals surface area contributed by atoms with Crippen molar-refractivity contribution in [2.45, 2.75) is 19.8 Å². The summed E-state index contributed by atoms with van der Waals surface area (Å²) in [4.78, 5) is 11.4. The Balaban J connectivity index is 2.30. The molecule has 0 aliphatic heterocycles. The summed E-state index contributed by atoms with van der Waals surface area (Å²) in [7, 11) is 4.68. The third-order valence-electron chi connectivity index (χ3n) is 3.87. The second kappa shape index (κ2) is 8.28. The van der Waals surface area contributed by atoms with E-state index in [2.05, 4.69) is 5.32 Å². The molecule has 134 valence electrons. The number of anilines is 1. The van der Waals surface area contributed by atoms with Gasteiger partial charge in [0.2, 0.25) is 5.91 Å². The van der Waals surface area contributed by atoms with Crippen molar-refractivity contribution in [3.8, 4) is 23.0 Å². The van der Waals surface area contributed by atoms with Crippen LogP contribution in [0.4, 0.5) is 5.69 Å². The number of methoxy groups -OCH3 is 3. The summed E-state index contributed by atoms with van der Waals surface area (Å²) in [5.41, 5.74) is 2.41. The van der Waals surface area contributed by atoms with Crippen LogP contribution in [0.25, 0.3) is 0 Å². The van der Waals surface area contributed by atoms with Gasteiger partial charge in [-0.15, -0.1) is 0 Å². The average Bonchev–Trinajstić information content (AvgIpc) is 2.61. The van der Waals surface area contributed by atoms with E-state index in [-0.39, 0.29) is 11.7 Å². The van der Waals surface area contributed by atoms with Crippen molar-refractivity contribution in [1.82, 2.24) is 0 Å². The Morgan fingerprint density at radius 1 is 1.00 bits per heavy atom. The van der Waals surface area contributed by atoms with Crippen LogP contribution in [0.3, 0.4) is 0 Å². The van der Waals surface area contributed by atoms with Gasteiger partial charge in [0.15, 0.2) is 23.0 Å². The predicted molar refractivity (Wildman–Crippen MR) is 95.9 cm³/mol. The summed E-state index contributed by atoms with van der Waals surface area (Å²) >= 11 is 0. The summed E-state index contributed by atoms with van der Waals surface area (Å²) in [6.07, 6.45) is 1.25. The Kier molecular flexibility index (Phi) is 6.11. The molecule has 0 aliphatic rings. The number of aryl methyl sites for hydroxylation is 1. The Labute approximate surface area is 147 Å². The van der Waals surface area contributed by atoms with Gasteiger partial charge in [0, 0.05) is 18.2 Å². The molecule has 0 heterocycles. The molecule has 2 aromatic carbocycles. The standard InChI is InChI=1S/C19H23NO5/c1-12(21)20-15-8-9-16(22)19(25-4)14(15)7-5-13-6-10-17(23-2)18(11-13)24-3/h6,8-11,22H,5,7H2,1-4H3,(H,20,21). The lowest BCUT2D eigenvalue weighted by Gasteiger charge is -2.16. The van der Waals surface area contributed by atoms with Crippen molar-refractivity contribution in [2.75, 3.05) is 26.6 Å². The zero-order chi connectivity index (χ0) is 18.4. The topological polar surface area (TPSA) is 77.0 Å². The SMILES string of the molecule is COc1ccc(CCc2c(NC(C)=O)ccc(O)c2OC)cc1OC. The molecule has 0 aliphatic carbocycles. The van der Waals surface area contributed by atoms with Gasteiger partial charge >= 0.3 is 0 Å². The van der Waals surface area contributed by atoms with Gasteiger partial charge in [-0.2, -0.15) is 0 Å². The molecule has 0 saturated carbocycles. The lowest BCUT2D eigenvalue weighted by atomic mass is 10.0. The molecule has 0 fully saturated rings. The van der Waals surface area contributed by atoms with Crippen LogP contribution in [-0.2, 0) is 17.6 Å². The van der Waals surface area contributed by atoms with Crippen molar-refractivity contribution in [3.63, 3.8) is 0 Å².